The van der Waals surface area contributed by atoms with Gasteiger partial charge in [0.25, 0.3) is 0 Å². The van der Waals surface area contributed by atoms with E-state index in [0.717, 1.165) is 18.7 Å². The summed E-state index contributed by atoms with van der Waals surface area (Å²) in [4.78, 5) is 62.1. The van der Waals surface area contributed by atoms with E-state index < -0.39 is 43.7 Å². The molecule has 42 heavy (non-hydrogen) atoms. The van der Waals surface area contributed by atoms with E-state index in [0.29, 0.717) is 37.2 Å². The zero-order chi connectivity index (χ0) is 32.9. The Balaban J connectivity index is -0.000000549. The third-order valence-corrected chi connectivity index (χ3v) is 13.8. The van der Waals surface area contributed by atoms with Crippen LogP contribution in [0.2, 0.25) is 0 Å². The van der Waals surface area contributed by atoms with E-state index in [1.54, 1.807) is 0 Å². The number of hydrogen-bond donors (Lipinski definition) is 6. The average molecular weight is 661 g/mol. The first-order chi connectivity index (χ1) is 19.7. The first-order valence-electron chi connectivity index (χ1n) is 14.2. The lowest BCUT2D eigenvalue weighted by Crippen LogP contribution is -2.07. The molecule has 0 aromatic heterocycles. The molecule has 0 amide bonds. The highest BCUT2D eigenvalue weighted by molar-refractivity contribution is 7.58. The Morgan fingerprint density at radius 1 is 0.333 bits per heavy atom. The molecule has 0 aromatic rings. The van der Waals surface area contributed by atoms with Crippen LogP contribution in [0.3, 0.4) is 0 Å². The fraction of sp³-hybridized carbons (Fsp3) is 0.778. The van der Waals surface area contributed by atoms with Crippen LogP contribution in [0.1, 0.15) is 78.6 Å². The number of carboxylic acid groups (broad SMARTS) is 6. The van der Waals surface area contributed by atoms with E-state index in [2.05, 4.69) is 13.8 Å². The van der Waals surface area contributed by atoms with Gasteiger partial charge in [-0.05, 0) is 55.5 Å². The largest absolute Gasteiger partial charge is 0.481 e. The van der Waals surface area contributed by atoms with Crippen molar-refractivity contribution in [1.82, 2.24) is 0 Å². The molecule has 15 heteroatoms. The summed E-state index contributed by atoms with van der Waals surface area (Å²) in [6.45, 7) is 6.38. The first-order valence-corrected chi connectivity index (χ1v) is 19.8. The standard InChI is InChI=1S/C9H15O6P.C9H17O4P.C9H19O2P/c10-7(11)1-4-16(5-2-8(12)13)6-3-9(14)15;1-2-5-14(6-3-8(10)11)7-4-9(12)13;1-3-6-12(7-4-2)8-5-9(10)11/h1-6H2,(H,10,11)(H,12,13)(H,14,15);2-7H2,1H3,(H,10,11)(H,12,13);3-8H2,1-2H3,(H,10,11). The predicted octanol–water partition coefficient (Wildman–Crippen LogP) is 5.48. The van der Waals surface area contributed by atoms with Crippen molar-refractivity contribution in [3.05, 3.63) is 0 Å². The Labute approximate surface area is 252 Å². The van der Waals surface area contributed by atoms with Crippen molar-refractivity contribution >= 4 is 59.6 Å². The Hall–Kier alpha value is -1.89. The number of carboxylic acids is 6. The van der Waals surface area contributed by atoms with Crippen LogP contribution in [0.15, 0.2) is 0 Å². The van der Waals surface area contributed by atoms with Crippen LogP contribution in [-0.4, -0.2) is 122 Å². The Bertz CT molecular complexity index is 713. The fourth-order valence-electron chi connectivity index (χ4n) is 3.48. The summed E-state index contributed by atoms with van der Waals surface area (Å²) >= 11 is 0. The molecule has 0 atom stereocenters. The molecular weight excluding hydrogens is 609 g/mol. The predicted molar refractivity (Wildman–Crippen MR) is 169 cm³/mol. The maximum Gasteiger partial charge on any atom is 0.303 e. The second-order valence-electron chi connectivity index (χ2n) is 9.39. The summed E-state index contributed by atoms with van der Waals surface area (Å²) < 4.78 is 0. The van der Waals surface area contributed by atoms with Gasteiger partial charge in [-0.25, -0.2) is 0 Å². The average Bonchev–Trinajstić information content (AvgIpc) is 2.89. The highest BCUT2D eigenvalue weighted by Crippen LogP contribution is 2.38. The van der Waals surface area contributed by atoms with Gasteiger partial charge in [-0.3, -0.25) is 28.8 Å². The van der Waals surface area contributed by atoms with Crippen molar-refractivity contribution in [3.63, 3.8) is 0 Å². The fourth-order valence-corrected chi connectivity index (χ4v) is 10.4. The van der Waals surface area contributed by atoms with Crippen LogP contribution in [0.4, 0.5) is 0 Å². The minimum absolute atomic E-state index is 0.0229. The smallest absolute Gasteiger partial charge is 0.303 e. The second kappa shape index (κ2) is 30.6. The van der Waals surface area contributed by atoms with Gasteiger partial charge >= 0.3 is 35.8 Å². The molecular formula is C27H51O12P3. The second-order valence-corrected chi connectivity index (χ2v) is 17.4. The Kier molecular flexibility index (Phi) is 32.4. The van der Waals surface area contributed by atoms with Gasteiger partial charge < -0.3 is 30.6 Å². The van der Waals surface area contributed by atoms with Crippen molar-refractivity contribution in [3.8, 4) is 0 Å². The molecule has 0 fully saturated rings. The summed E-state index contributed by atoms with van der Waals surface area (Å²) in [6.07, 6.45) is 10.9. The van der Waals surface area contributed by atoms with Gasteiger partial charge in [-0.15, -0.1) is 23.8 Å². The highest BCUT2D eigenvalue weighted by atomic mass is 31.1. The van der Waals surface area contributed by atoms with Crippen molar-refractivity contribution in [1.29, 1.82) is 0 Å². The molecule has 0 saturated heterocycles. The lowest BCUT2D eigenvalue weighted by molar-refractivity contribution is -0.137. The van der Waals surface area contributed by atoms with Gasteiger partial charge in [0.05, 0.1) is 0 Å². The van der Waals surface area contributed by atoms with E-state index >= 15 is 0 Å². The zero-order valence-electron chi connectivity index (χ0n) is 25.2. The van der Waals surface area contributed by atoms with Crippen molar-refractivity contribution in [2.24, 2.45) is 0 Å². The molecule has 12 nitrogen and oxygen atoms in total. The normalized spacial score (nSPS) is 10.4. The molecule has 0 unspecified atom stereocenters. The summed E-state index contributed by atoms with van der Waals surface area (Å²) in [5, 5.41) is 51.0. The molecule has 0 bridgehead atoms. The van der Waals surface area contributed by atoms with Gasteiger partial charge in [0.2, 0.25) is 0 Å². The van der Waals surface area contributed by atoms with E-state index in [1.165, 1.54) is 25.2 Å². The number of carbonyl (C=O) groups is 6. The van der Waals surface area contributed by atoms with Crippen LogP contribution in [-0.2, 0) is 28.8 Å². The van der Waals surface area contributed by atoms with Crippen LogP contribution in [0.25, 0.3) is 0 Å². The van der Waals surface area contributed by atoms with E-state index in [4.69, 9.17) is 30.6 Å². The quantitative estimate of drug-likeness (QED) is 0.0708. The first kappa shape index (κ1) is 44.5. The van der Waals surface area contributed by atoms with E-state index in [9.17, 15) is 28.8 Å². The molecule has 0 spiro atoms. The van der Waals surface area contributed by atoms with Gasteiger partial charge in [0.1, 0.15) is 0 Å². The topological polar surface area (TPSA) is 224 Å². The summed E-state index contributed by atoms with van der Waals surface area (Å²) in [6, 6.07) is 0. The number of rotatable bonds is 24. The van der Waals surface area contributed by atoms with Crippen molar-refractivity contribution in [2.75, 3.05) is 55.5 Å². The van der Waals surface area contributed by atoms with Gasteiger partial charge in [0.15, 0.2) is 0 Å². The van der Waals surface area contributed by atoms with Crippen molar-refractivity contribution in [2.45, 2.75) is 78.6 Å². The summed E-state index contributed by atoms with van der Waals surface area (Å²) in [7, 11) is -1.16. The van der Waals surface area contributed by atoms with Crippen LogP contribution in [0, 0.1) is 0 Å². The molecule has 0 aliphatic carbocycles. The molecule has 6 N–H and O–H groups in total. The number of aliphatic carboxylic acids is 6. The molecule has 246 valence electrons. The minimum atomic E-state index is -0.932. The maximum atomic E-state index is 10.4. The maximum absolute atomic E-state index is 10.4. The molecule has 0 aliphatic heterocycles. The van der Waals surface area contributed by atoms with Crippen LogP contribution >= 0.6 is 23.8 Å². The molecule has 0 heterocycles. The highest BCUT2D eigenvalue weighted by Gasteiger charge is 2.14. The third kappa shape index (κ3) is 38.1. The van der Waals surface area contributed by atoms with Gasteiger partial charge in [-0.1, -0.05) is 40.0 Å². The van der Waals surface area contributed by atoms with E-state index in [-0.39, 0.29) is 47.9 Å². The molecule has 0 rings (SSSR count). The Morgan fingerprint density at radius 2 is 0.476 bits per heavy atom. The van der Waals surface area contributed by atoms with Gasteiger partial charge in [-0.2, -0.15) is 0 Å². The van der Waals surface area contributed by atoms with Crippen LogP contribution < -0.4 is 0 Å². The zero-order valence-corrected chi connectivity index (χ0v) is 27.9. The Morgan fingerprint density at radius 3 is 0.619 bits per heavy atom. The summed E-state index contributed by atoms with van der Waals surface area (Å²) in [5.74, 6) is -5.02. The lowest BCUT2D eigenvalue weighted by atomic mass is 10.5. The monoisotopic (exact) mass is 660 g/mol. The summed E-state index contributed by atoms with van der Waals surface area (Å²) in [5.41, 5.74) is 0. The molecule has 0 saturated carbocycles. The SMILES string of the molecule is CCCP(CCC(=O)O)CCC(=O)O.CCCP(CCC)CCC(=O)O.O=C(O)CCP(CCC(=O)O)CCC(=O)O. The molecule has 0 aromatic carbocycles. The number of hydrogen-bond acceptors (Lipinski definition) is 6. The lowest BCUT2D eigenvalue weighted by Gasteiger charge is -2.14. The minimum Gasteiger partial charge on any atom is -0.481 e. The van der Waals surface area contributed by atoms with E-state index in [1.807, 2.05) is 6.92 Å². The third-order valence-electron chi connectivity index (χ3n) is 5.47. The van der Waals surface area contributed by atoms with Crippen molar-refractivity contribution < 1.29 is 59.4 Å². The van der Waals surface area contributed by atoms with Gasteiger partial charge in [0, 0.05) is 38.5 Å². The molecule has 0 radical (unpaired) electrons. The van der Waals surface area contributed by atoms with Crippen LogP contribution in [0.5, 0.6) is 0 Å². The molecule has 0 aliphatic rings.